The fourth-order valence-corrected chi connectivity index (χ4v) is 9.42. The number of terminal acetylenes is 1. The average Bonchev–Trinajstić information content (AvgIpc) is 3.14. The molecule has 14 heteroatoms. The van der Waals surface area contributed by atoms with E-state index in [1.54, 1.807) is 41.5 Å². The second-order valence-electron chi connectivity index (χ2n) is 18.3. The van der Waals surface area contributed by atoms with Gasteiger partial charge >= 0.3 is 5.97 Å². The molecule has 0 aromatic carbocycles. The predicted molar refractivity (Wildman–Crippen MR) is 216 cm³/mol. The molecule has 3 aliphatic heterocycles. The predicted octanol–water partition coefficient (Wildman–Crippen LogP) is 3.07. The summed E-state index contributed by atoms with van der Waals surface area (Å²) in [5.41, 5.74) is -4.42. The lowest BCUT2D eigenvalue weighted by atomic mass is 9.77. The summed E-state index contributed by atoms with van der Waals surface area (Å²) in [6.07, 6.45) is -0.553. The quantitative estimate of drug-likeness (QED) is 0.117. The number of nitrogens with zero attached hydrogens (tertiary/aromatic N) is 2. The zero-order chi connectivity index (χ0) is 43.2. The minimum Gasteiger partial charge on any atom is -0.459 e. The lowest BCUT2D eigenvalue weighted by molar-refractivity contribution is -0.318. The third-order valence-corrected chi connectivity index (χ3v) is 13.2. The van der Waals surface area contributed by atoms with Gasteiger partial charge < -0.3 is 63.8 Å². The van der Waals surface area contributed by atoms with Crippen molar-refractivity contribution in [3.05, 3.63) is 0 Å². The van der Waals surface area contributed by atoms with Gasteiger partial charge in [-0.3, -0.25) is 4.79 Å². The second kappa shape index (κ2) is 20.9. The van der Waals surface area contributed by atoms with Gasteiger partial charge in [-0.2, -0.15) is 0 Å². The highest BCUT2D eigenvalue weighted by Gasteiger charge is 2.52. The van der Waals surface area contributed by atoms with Crippen molar-refractivity contribution >= 4 is 5.97 Å². The van der Waals surface area contributed by atoms with Gasteiger partial charge in [-0.15, -0.1) is 12.3 Å². The number of likely N-dealkylation sites (N-methyl/N-ethyl adjacent to an activating group) is 2. The molecule has 0 unspecified atom stereocenters. The molecule has 18 atom stereocenters. The topological polar surface area (TPSA) is 180 Å². The summed E-state index contributed by atoms with van der Waals surface area (Å²) in [6.45, 7) is 18.8. The summed E-state index contributed by atoms with van der Waals surface area (Å²) in [5.74, 6) is 0.0357. The van der Waals surface area contributed by atoms with Crippen molar-refractivity contribution in [1.29, 1.82) is 0 Å². The molecule has 0 spiro atoms. The van der Waals surface area contributed by atoms with Crippen LogP contribution in [0.25, 0.3) is 0 Å². The number of aliphatic hydroxyl groups excluding tert-OH is 3. The van der Waals surface area contributed by atoms with Crippen LogP contribution in [0, 0.1) is 30.1 Å². The van der Waals surface area contributed by atoms with Crippen LogP contribution in [0.5, 0.6) is 0 Å². The van der Waals surface area contributed by atoms with E-state index in [0.717, 1.165) is 12.8 Å². The Morgan fingerprint density at radius 3 is 2.23 bits per heavy atom. The van der Waals surface area contributed by atoms with Crippen LogP contribution >= 0.6 is 0 Å². The summed E-state index contributed by atoms with van der Waals surface area (Å²) in [7, 11) is 5.32. The number of carbonyl (C=O) groups is 1. The molecule has 3 aliphatic rings. The molecule has 0 aromatic heterocycles. The highest BCUT2D eigenvalue weighted by Crippen LogP contribution is 2.40. The number of unbranched alkanes of at least 4 members (excludes halogenated alkanes) is 2. The molecule has 5 N–H and O–H groups in total. The van der Waals surface area contributed by atoms with E-state index in [0.29, 0.717) is 25.9 Å². The number of cyclic esters (lactones) is 1. The van der Waals surface area contributed by atoms with E-state index in [1.165, 1.54) is 14.0 Å². The van der Waals surface area contributed by atoms with Crippen molar-refractivity contribution in [2.45, 2.75) is 204 Å². The molecule has 0 amide bonds. The number of hydrogen-bond donors (Lipinski definition) is 5. The first-order valence-corrected chi connectivity index (χ1v) is 21.2. The smallest absolute Gasteiger partial charge is 0.311 e. The molecule has 332 valence electrons. The van der Waals surface area contributed by atoms with Gasteiger partial charge in [-0.05, 0) is 107 Å². The number of rotatable bonds is 11. The molecule has 0 radical (unpaired) electrons. The Labute approximate surface area is 342 Å². The first-order chi connectivity index (χ1) is 26.4. The summed E-state index contributed by atoms with van der Waals surface area (Å²) in [5, 5.41) is 58.8. The van der Waals surface area contributed by atoms with Crippen molar-refractivity contribution in [1.82, 2.24) is 9.80 Å². The standard InChI is InChI=1S/C43H78N2O12/c1-15-17-18-19-20-44(12)31-21-26(4)53-40(34(31)46)57-38-27(5)35(56-33-23-42(10,52-14)37(48)30(8)54-33)28(6)39(49)55-32(16-2)43(11,51)36(47)29(7)45(13)24-25(3)22-41(38,9)50/h1,25-38,40,46-48,50-51H,16-24H2,2-14H3/t25-,26-,27+,28-,29-,30+,31+,32-,33-,34-,35+,36-,37+,38-,40+,41-,42-,43-/m1/s1. The number of methoxy groups -OCH3 is 1. The summed E-state index contributed by atoms with van der Waals surface area (Å²) < 4.78 is 37.9. The summed E-state index contributed by atoms with van der Waals surface area (Å²) >= 11 is 0. The van der Waals surface area contributed by atoms with Gasteiger partial charge in [0.15, 0.2) is 12.6 Å². The minimum absolute atomic E-state index is 0.124. The van der Waals surface area contributed by atoms with Crippen molar-refractivity contribution in [3.63, 3.8) is 0 Å². The van der Waals surface area contributed by atoms with Gasteiger partial charge in [-0.25, -0.2) is 0 Å². The van der Waals surface area contributed by atoms with Crippen LogP contribution in [0.1, 0.15) is 114 Å². The molecule has 14 nitrogen and oxygen atoms in total. The lowest BCUT2D eigenvalue weighted by Gasteiger charge is -2.49. The zero-order valence-electron chi connectivity index (χ0n) is 37.1. The zero-order valence-corrected chi connectivity index (χ0v) is 37.1. The molecule has 0 saturated carbocycles. The van der Waals surface area contributed by atoms with E-state index in [-0.39, 0.29) is 37.3 Å². The van der Waals surface area contributed by atoms with E-state index in [2.05, 4.69) is 10.8 Å². The third-order valence-electron chi connectivity index (χ3n) is 13.2. The van der Waals surface area contributed by atoms with Crippen molar-refractivity contribution in [3.8, 4) is 12.3 Å². The van der Waals surface area contributed by atoms with Crippen LogP contribution in [-0.4, -0.2) is 166 Å². The Morgan fingerprint density at radius 2 is 1.63 bits per heavy atom. The Bertz CT molecular complexity index is 1300. The summed E-state index contributed by atoms with van der Waals surface area (Å²) in [6, 6.07) is -0.851. The van der Waals surface area contributed by atoms with Gasteiger partial charge in [0.25, 0.3) is 0 Å². The molecule has 57 heavy (non-hydrogen) atoms. The fraction of sp³-hybridized carbons (Fsp3) is 0.930. The Morgan fingerprint density at radius 1 is 0.982 bits per heavy atom. The number of hydrogen-bond acceptors (Lipinski definition) is 14. The van der Waals surface area contributed by atoms with Crippen molar-refractivity contribution in [2.24, 2.45) is 17.8 Å². The molecule has 3 heterocycles. The van der Waals surface area contributed by atoms with Crippen LogP contribution in [0.4, 0.5) is 0 Å². The maximum atomic E-state index is 14.3. The maximum absolute atomic E-state index is 14.3. The summed E-state index contributed by atoms with van der Waals surface area (Å²) in [4.78, 5) is 18.3. The Hall–Kier alpha value is -1.45. The van der Waals surface area contributed by atoms with E-state index >= 15 is 0 Å². The van der Waals surface area contributed by atoms with Crippen molar-refractivity contribution in [2.75, 3.05) is 34.3 Å². The van der Waals surface area contributed by atoms with Crippen LogP contribution in [-0.2, 0) is 33.2 Å². The molecule has 3 rings (SSSR count). The highest BCUT2D eigenvalue weighted by molar-refractivity contribution is 5.73. The second-order valence-corrected chi connectivity index (χ2v) is 18.3. The van der Waals surface area contributed by atoms with Gasteiger partial charge in [0.1, 0.15) is 30.0 Å². The first kappa shape index (κ1) is 49.9. The first-order valence-electron chi connectivity index (χ1n) is 21.2. The van der Waals surface area contributed by atoms with Crippen molar-refractivity contribution < 1.29 is 58.7 Å². The fourth-order valence-electron chi connectivity index (χ4n) is 9.42. The lowest BCUT2D eigenvalue weighted by Crippen LogP contribution is -2.60. The number of esters is 1. The Kier molecular flexibility index (Phi) is 18.3. The SMILES string of the molecule is C#CCCCCN(C)[C@H]1C[C@@H](C)O[C@@H](O[C@@H]2[C@@H](C)[C@H](O[C@@H]3C[C@@](C)(OC)[C@@H](O)[C@H](C)O3)[C@@H](C)C(=O)O[C@H](CC)[C@@](C)(O)[C@H](O)[C@@H](C)N(C)C[C@H](C)C[C@@]2(C)O)[C@@H]1O. The molecule has 3 fully saturated rings. The average molecular weight is 815 g/mol. The molecule has 0 aliphatic carbocycles. The molecule has 3 saturated heterocycles. The number of carbonyl (C=O) groups excluding carboxylic acids is 1. The van der Waals surface area contributed by atoms with Crippen LogP contribution in [0.2, 0.25) is 0 Å². The van der Waals surface area contributed by atoms with Gasteiger partial charge in [0.2, 0.25) is 0 Å². The van der Waals surface area contributed by atoms with Gasteiger partial charge in [0.05, 0.1) is 41.5 Å². The molecule has 0 aromatic rings. The highest BCUT2D eigenvalue weighted by atomic mass is 16.7. The van der Waals surface area contributed by atoms with E-state index < -0.39 is 96.0 Å². The van der Waals surface area contributed by atoms with Crippen LogP contribution < -0.4 is 0 Å². The van der Waals surface area contributed by atoms with Crippen LogP contribution in [0.15, 0.2) is 0 Å². The van der Waals surface area contributed by atoms with E-state index in [9.17, 15) is 30.3 Å². The van der Waals surface area contributed by atoms with Crippen LogP contribution in [0.3, 0.4) is 0 Å². The minimum atomic E-state index is -1.81. The van der Waals surface area contributed by atoms with E-state index in [4.69, 9.17) is 34.8 Å². The largest absolute Gasteiger partial charge is 0.459 e. The Balaban J connectivity index is 2.14. The maximum Gasteiger partial charge on any atom is 0.311 e. The van der Waals surface area contributed by atoms with E-state index in [1.807, 2.05) is 39.8 Å². The third kappa shape index (κ3) is 12.1. The normalized spacial score (nSPS) is 46.1. The molecular weight excluding hydrogens is 736 g/mol. The number of aliphatic hydroxyl groups is 5. The van der Waals surface area contributed by atoms with Gasteiger partial charge in [0, 0.05) is 44.5 Å². The molecule has 0 bridgehead atoms. The number of ether oxygens (including phenoxy) is 6. The molecular formula is C43H78N2O12. The monoisotopic (exact) mass is 815 g/mol. The van der Waals surface area contributed by atoms with Gasteiger partial charge in [-0.1, -0.05) is 20.8 Å².